The number of benzene rings is 2. The van der Waals surface area contributed by atoms with Crippen LogP contribution in [0.25, 0.3) is 11.3 Å². The van der Waals surface area contributed by atoms with Crippen molar-refractivity contribution in [1.82, 2.24) is 0 Å². The van der Waals surface area contributed by atoms with Gasteiger partial charge in [-0.05, 0) is 53.4 Å². The summed E-state index contributed by atoms with van der Waals surface area (Å²) < 4.78 is 37.9. The summed E-state index contributed by atoms with van der Waals surface area (Å²) in [5, 5.41) is 0. The number of hydrogen-bond donors (Lipinski definition) is 1. The van der Waals surface area contributed by atoms with Crippen LogP contribution in [0.3, 0.4) is 0 Å². The molecule has 0 fully saturated rings. The Morgan fingerprint density at radius 1 is 1.00 bits per heavy atom. The molecule has 0 aliphatic rings. The summed E-state index contributed by atoms with van der Waals surface area (Å²) in [6.07, 6.45) is 1.57. The average Bonchev–Trinajstić information content (AvgIpc) is 3.08. The predicted molar refractivity (Wildman–Crippen MR) is 103 cm³/mol. The van der Waals surface area contributed by atoms with E-state index in [0.29, 0.717) is 10.7 Å². The first kappa shape index (κ1) is 18.8. The van der Waals surface area contributed by atoms with Gasteiger partial charge in [0.25, 0.3) is 10.1 Å². The van der Waals surface area contributed by atoms with Crippen LogP contribution in [-0.2, 0) is 15.5 Å². The summed E-state index contributed by atoms with van der Waals surface area (Å²) in [7, 11) is -4.27. The first-order chi connectivity index (χ1) is 12.1. The quantitative estimate of drug-likeness (QED) is 0.586. The third kappa shape index (κ3) is 4.20. The fourth-order valence-electron chi connectivity index (χ4n) is 2.53. The molecule has 0 radical (unpaired) electrons. The van der Waals surface area contributed by atoms with Crippen molar-refractivity contribution in [1.29, 1.82) is 0 Å². The van der Waals surface area contributed by atoms with Crippen LogP contribution in [0, 0.1) is 0 Å². The summed E-state index contributed by atoms with van der Waals surface area (Å²) >= 11 is 1.43. The van der Waals surface area contributed by atoms with Crippen molar-refractivity contribution < 1.29 is 17.4 Å². The zero-order valence-corrected chi connectivity index (χ0v) is 16.4. The molecule has 4 nitrogen and oxygen atoms in total. The van der Waals surface area contributed by atoms with Gasteiger partial charge >= 0.3 is 0 Å². The molecule has 3 aromatic rings. The first-order valence-corrected chi connectivity index (χ1v) is 10.3. The van der Waals surface area contributed by atoms with Crippen LogP contribution in [0.2, 0.25) is 0 Å². The highest BCUT2D eigenvalue weighted by atomic mass is 32.2. The molecule has 3 rings (SSSR count). The number of hydrogen-bond acceptors (Lipinski definition) is 4. The summed E-state index contributed by atoms with van der Waals surface area (Å²) in [6.45, 7) is 6.46. The molecule has 0 spiro atoms. The molecule has 0 amide bonds. The van der Waals surface area contributed by atoms with Crippen LogP contribution in [0.5, 0.6) is 0 Å². The number of furan rings is 1. The van der Waals surface area contributed by atoms with Gasteiger partial charge in [0.15, 0.2) is 0 Å². The van der Waals surface area contributed by atoms with Crippen LogP contribution in [0.1, 0.15) is 26.3 Å². The van der Waals surface area contributed by atoms with Crippen LogP contribution < -0.4 is 0 Å². The predicted octanol–water partition coefficient (Wildman–Crippen LogP) is 5.64. The van der Waals surface area contributed by atoms with E-state index in [0.717, 1.165) is 10.5 Å². The average molecular weight is 389 g/mol. The molecule has 1 N–H and O–H groups in total. The van der Waals surface area contributed by atoms with E-state index >= 15 is 0 Å². The molecule has 0 unspecified atom stereocenters. The second-order valence-electron chi connectivity index (χ2n) is 6.99. The molecule has 0 atom stereocenters. The summed E-state index contributed by atoms with van der Waals surface area (Å²) in [6, 6.07) is 16.2. The van der Waals surface area contributed by atoms with Gasteiger partial charge in [-0.15, -0.1) is 0 Å². The van der Waals surface area contributed by atoms with Gasteiger partial charge in [-0.3, -0.25) is 4.55 Å². The van der Waals surface area contributed by atoms with E-state index < -0.39 is 10.1 Å². The zero-order valence-electron chi connectivity index (χ0n) is 14.8. The molecule has 6 heteroatoms. The van der Waals surface area contributed by atoms with Crippen molar-refractivity contribution >= 4 is 21.9 Å². The lowest BCUT2D eigenvalue weighted by molar-refractivity contribution is 0.483. The Morgan fingerprint density at radius 3 is 2.23 bits per heavy atom. The standard InChI is InChI=1S/C20H20O4S2/c1-20(2,3)14-6-8-15(9-7-14)25-19-13-16(26(21,22)23)10-11-17(19)18-5-4-12-24-18/h4-13H,1-3H3,(H,21,22,23). The topological polar surface area (TPSA) is 67.5 Å². The molecule has 2 aromatic carbocycles. The highest BCUT2D eigenvalue weighted by molar-refractivity contribution is 7.99. The zero-order chi connectivity index (χ0) is 18.9. The van der Waals surface area contributed by atoms with Gasteiger partial charge in [0, 0.05) is 15.4 Å². The lowest BCUT2D eigenvalue weighted by Crippen LogP contribution is -2.10. The fourth-order valence-corrected chi connectivity index (χ4v) is 4.10. The van der Waals surface area contributed by atoms with Crippen LogP contribution in [0.15, 0.2) is 80.0 Å². The normalized spacial score (nSPS) is 12.3. The van der Waals surface area contributed by atoms with Gasteiger partial charge in [0.1, 0.15) is 5.76 Å². The monoisotopic (exact) mass is 388 g/mol. The second-order valence-corrected chi connectivity index (χ2v) is 9.52. The Bertz CT molecular complexity index is 997. The van der Waals surface area contributed by atoms with E-state index in [2.05, 4.69) is 32.9 Å². The van der Waals surface area contributed by atoms with Gasteiger partial charge in [-0.25, -0.2) is 0 Å². The van der Waals surface area contributed by atoms with E-state index in [4.69, 9.17) is 4.42 Å². The maximum Gasteiger partial charge on any atom is 0.294 e. The molecule has 26 heavy (non-hydrogen) atoms. The number of rotatable bonds is 4. The van der Waals surface area contributed by atoms with E-state index in [-0.39, 0.29) is 10.3 Å². The van der Waals surface area contributed by atoms with Crippen molar-refractivity contribution in [3.8, 4) is 11.3 Å². The Kier molecular flexibility index (Phi) is 5.01. The van der Waals surface area contributed by atoms with Crippen LogP contribution in [0.4, 0.5) is 0 Å². The van der Waals surface area contributed by atoms with E-state index in [1.807, 2.05) is 18.2 Å². The van der Waals surface area contributed by atoms with Crippen molar-refractivity contribution in [3.05, 3.63) is 66.4 Å². The molecular weight excluding hydrogens is 368 g/mol. The SMILES string of the molecule is CC(C)(C)c1ccc(Sc2cc(S(=O)(=O)O)ccc2-c2ccco2)cc1. The summed E-state index contributed by atoms with van der Waals surface area (Å²) in [5.41, 5.74) is 2.06. The maximum absolute atomic E-state index is 11.5. The molecule has 0 bridgehead atoms. The molecule has 0 saturated carbocycles. The largest absolute Gasteiger partial charge is 0.464 e. The molecular formula is C20H20O4S2. The van der Waals surface area contributed by atoms with Gasteiger partial charge in [-0.1, -0.05) is 44.7 Å². The van der Waals surface area contributed by atoms with Gasteiger partial charge in [0.2, 0.25) is 0 Å². The highest BCUT2D eigenvalue weighted by Crippen LogP contribution is 2.38. The van der Waals surface area contributed by atoms with Crippen molar-refractivity contribution in [2.24, 2.45) is 0 Å². The summed E-state index contributed by atoms with van der Waals surface area (Å²) in [5.74, 6) is 0.640. The molecule has 1 aromatic heterocycles. The van der Waals surface area contributed by atoms with E-state index in [1.165, 1.54) is 29.5 Å². The molecule has 0 aliphatic carbocycles. The Balaban J connectivity index is 2.02. The van der Waals surface area contributed by atoms with Gasteiger partial charge in [-0.2, -0.15) is 8.42 Å². The van der Waals surface area contributed by atoms with Crippen LogP contribution in [-0.4, -0.2) is 13.0 Å². The minimum absolute atomic E-state index is 0.0629. The molecule has 1 heterocycles. The van der Waals surface area contributed by atoms with Crippen molar-refractivity contribution in [3.63, 3.8) is 0 Å². The van der Waals surface area contributed by atoms with Crippen LogP contribution >= 0.6 is 11.8 Å². The second kappa shape index (κ2) is 6.95. The highest BCUT2D eigenvalue weighted by Gasteiger charge is 2.17. The Labute approximate surface area is 158 Å². The Morgan fingerprint density at radius 2 is 1.69 bits per heavy atom. The Hall–Kier alpha value is -2.02. The first-order valence-electron chi connectivity index (χ1n) is 8.08. The van der Waals surface area contributed by atoms with Crippen molar-refractivity contribution in [2.75, 3.05) is 0 Å². The summed E-state index contributed by atoms with van der Waals surface area (Å²) in [4.78, 5) is 1.53. The molecule has 136 valence electrons. The maximum atomic E-state index is 11.5. The minimum Gasteiger partial charge on any atom is -0.464 e. The van der Waals surface area contributed by atoms with Gasteiger partial charge in [0.05, 0.1) is 11.2 Å². The smallest absolute Gasteiger partial charge is 0.294 e. The van der Waals surface area contributed by atoms with Crippen molar-refractivity contribution in [2.45, 2.75) is 40.9 Å². The lowest BCUT2D eigenvalue weighted by Gasteiger charge is -2.19. The third-order valence-corrected chi connectivity index (χ3v) is 5.90. The lowest BCUT2D eigenvalue weighted by atomic mass is 9.87. The third-order valence-electron chi connectivity index (χ3n) is 3.99. The minimum atomic E-state index is -4.27. The van der Waals surface area contributed by atoms with E-state index in [9.17, 15) is 13.0 Å². The molecule has 0 aliphatic heterocycles. The van der Waals surface area contributed by atoms with Gasteiger partial charge < -0.3 is 4.42 Å². The fraction of sp³-hybridized carbons (Fsp3) is 0.200. The van der Waals surface area contributed by atoms with E-state index in [1.54, 1.807) is 18.4 Å². The molecule has 0 saturated heterocycles.